The Morgan fingerprint density at radius 2 is 2.00 bits per heavy atom. The highest BCUT2D eigenvalue weighted by atomic mass is 32.2. The van der Waals surface area contributed by atoms with E-state index in [0.717, 1.165) is 11.4 Å². The Morgan fingerprint density at radius 3 is 2.67 bits per heavy atom. The fourth-order valence-electron chi connectivity index (χ4n) is 2.66. The van der Waals surface area contributed by atoms with Crippen LogP contribution >= 0.6 is 11.8 Å². The highest BCUT2D eigenvalue weighted by Crippen LogP contribution is 2.26. The number of thioether (sulfide) groups is 1. The molecule has 3 rings (SSSR count). The molecule has 2 saturated heterocycles. The average Bonchev–Trinajstić information content (AvgIpc) is 3.07. The summed E-state index contributed by atoms with van der Waals surface area (Å²) in [4.78, 5) is 37.5. The van der Waals surface area contributed by atoms with Crippen LogP contribution in [-0.4, -0.2) is 35.3 Å². The molecule has 21 heavy (non-hydrogen) atoms. The summed E-state index contributed by atoms with van der Waals surface area (Å²) in [6.45, 7) is 0.378. The number of amides is 2. The van der Waals surface area contributed by atoms with Crippen molar-refractivity contribution in [3.05, 3.63) is 30.3 Å². The SMILES string of the molecule is O=C(N[C@H]1CCSC1=O)[C@@H]1CC(=O)N(c2ccccc2)C1. The Hall–Kier alpha value is -1.82. The van der Waals surface area contributed by atoms with Crippen LogP contribution in [0.3, 0.4) is 0 Å². The maximum absolute atomic E-state index is 12.2. The Bertz CT molecular complexity index is 576. The summed E-state index contributed by atoms with van der Waals surface area (Å²) in [7, 11) is 0. The van der Waals surface area contributed by atoms with Crippen molar-refractivity contribution in [3.8, 4) is 0 Å². The molecule has 2 aliphatic heterocycles. The lowest BCUT2D eigenvalue weighted by molar-refractivity contribution is -0.128. The molecule has 1 aromatic carbocycles. The number of carbonyl (C=O) groups is 3. The van der Waals surface area contributed by atoms with Crippen molar-refractivity contribution in [2.24, 2.45) is 5.92 Å². The summed E-state index contributed by atoms with van der Waals surface area (Å²) >= 11 is 1.26. The van der Waals surface area contributed by atoms with Crippen molar-refractivity contribution in [1.29, 1.82) is 0 Å². The van der Waals surface area contributed by atoms with E-state index in [2.05, 4.69) is 5.32 Å². The first kappa shape index (κ1) is 14.1. The molecule has 5 nitrogen and oxygen atoms in total. The van der Waals surface area contributed by atoms with Crippen LogP contribution in [0.25, 0.3) is 0 Å². The molecule has 0 bridgehead atoms. The van der Waals surface area contributed by atoms with Crippen LogP contribution in [0.4, 0.5) is 5.69 Å². The molecule has 6 heteroatoms. The third kappa shape index (κ3) is 2.95. The van der Waals surface area contributed by atoms with Gasteiger partial charge < -0.3 is 10.2 Å². The van der Waals surface area contributed by atoms with Gasteiger partial charge in [0, 0.05) is 24.4 Å². The molecule has 0 aromatic heterocycles. The van der Waals surface area contributed by atoms with Crippen molar-refractivity contribution < 1.29 is 14.4 Å². The highest BCUT2D eigenvalue weighted by Gasteiger charge is 2.37. The summed E-state index contributed by atoms with van der Waals surface area (Å²) in [5, 5.41) is 2.80. The Balaban J connectivity index is 1.64. The lowest BCUT2D eigenvalue weighted by Crippen LogP contribution is -2.41. The number of hydrogen-bond acceptors (Lipinski definition) is 4. The van der Waals surface area contributed by atoms with Crippen LogP contribution in [-0.2, 0) is 14.4 Å². The van der Waals surface area contributed by atoms with Crippen LogP contribution in [0.15, 0.2) is 30.3 Å². The van der Waals surface area contributed by atoms with Gasteiger partial charge in [-0.05, 0) is 18.6 Å². The Morgan fingerprint density at radius 1 is 1.24 bits per heavy atom. The van der Waals surface area contributed by atoms with E-state index in [0.29, 0.717) is 13.0 Å². The van der Waals surface area contributed by atoms with Gasteiger partial charge in [0.1, 0.15) is 0 Å². The fourth-order valence-corrected chi connectivity index (χ4v) is 3.59. The number of para-hydroxylation sites is 1. The van der Waals surface area contributed by atoms with E-state index >= 15 is 0 Å². The lowest BCUT2D eigenvalue weighted by atomic mass is 10.1. The minimum Gasteiger partial charge on any atom is -0.345 e. The zero-order valence-electron chi connectivity index (χ0n) is 11.5. The van der Waals surface area contributed by atoms with Gasteiger partial charge in [-0.25, -0.2) is 0 Å². The number of carbonyl (C=O) groups excluding carboxylic acids is 3. The quantitative estimate of drug-likeness (QED) is 0.911. The Kier molecular flexibility index (Phi) is 3.96. The topological polar surface area (TPSA) is 66.5 Å². The highest BCUT2D eigenvalue weighted by molar-refractivity contribution is 8.14. The van der Waals surface area contributed by atoms with Gasteiger partial charge in [-0.1, -0.05) is 30.0 Å². The van der Waals surface area contributed by atoms with Crippen LogP contribution in [0.2, 0.25) is 0 Å². The van der Waals surface area contributed by atoms with Crippen molar-refractivity contribution in [2.45, 2.75) is 18.9 Å². The largest absolute Gasteiger partial charge is 0.345 e. The molecule has 2 atom stereocenters. The van der Waals surface area contributed by atoms with Crippen molar-refractivity contribution >= 4 is 34.4 Å². The van der Waals surface area contributed by atoms with E-state index in [9.17, 15) is 14.4 Å². The normalized spacial score (nSPS) is 25.4. The molecule has 2 fully saturated rings. The van der Waals surface area contributed by atoms with E-state index in [1.807, 2.05) is 30.3 Å². The van der Waals surface area contributed by atoms with Crippen LogP contribution in [0, 0.1) is 5.92 Å². The van der Waals surface area contributed by atoms with Crippen molar-refractivity contribution in [3.63, 3.8) is 0 Å². The fraction of sp³-hybridized carbons (Fsp3) is 0.400. The molecular formula is C15H16N2O3S. The molecule has 2 amide bonds. The molecule has 0 aliphatic carbocycles. The first-order valence-electron chi connectivity index (χ1n) is 6.97. The zero-order valence-corrected chi connectivity index (χ0v) is 12.3. The van der Waals surface area contributed by atoms with E-state index in [1.165, 1.54) is 11.8 Å². The van der Waals surface area contributed by atoms with Gasteiger partial charge in [0.15, 0.2) is 0 Å². The average molecular weight is 304 g/mol. The van der Waals surface area contributed by atoms with Gasteiger partial charge >= 0.3 is 0 Å². The maximum atomic E-state index is 12.2. The molecule has 0 spiro atoms. The molecule has 0 saturated carbocycles. The number of rotatable bonds is 3. The number of benzene rings is 1. The van der Waals surface area contributed by atoms with Gasteiger partial charge in [-0.15, -0.1) is 0 Å². The molecule has 1 aromatic rings. The zero-order chi connectivity index (χ0) is 14.8. The second kappa shape index (κ2) is 5.89. The predicted molar refractivity (Wildman–Crippen MR) is 80.9 cm³/mol. The predicted octanol–water partition coefficient (Wildman–Crippen LogP) is 1.19. The number of nitrogens with zero attached hydrogens (tertiary/aromatic N) is 1. The van der Waals surface area contributed by atoms with Crippen LogP contribution in [0.1, 0.15) is 12.8 Å². The summed E-state index contributed by atoms with van der Waals surface area (Å²) in [6.07, 6.45) is 0.882. The van der Waals surface area contributed by atoms with E-state index < -0.39 is 0 Å². The molecule has 0 unspecified atom stereocenters. The molecule has 0 radical (unpaired) electrons. The molecule has 2 heterocycles. The van der Waals surface area contributed by atoms with Gasteiger partial charge in [-0.3, -0.25) is 14.4 Å². The molecule has 2 aliphatic rings. The number of anilines is 1. The molecule has 110 valence electrons. The van der Waals surface area contributed by atoms with Gasteiger partial charge in [0.05, 0.1) is 12.0 Å². The third-order valence-corrected chi connectivity index (χ3v) is 4.82. The van der Waals surface area contributed by atoms with Crippen molar-refractivity contribution in [2.75, 3.05) is 17.2 Å². The lowest BCUT2D eigenvalue weighted by Gasteiger charge is -2.17. The number of hydrogen-bond donors (Lipinski definition) is 1. The molecular weight excluding hydrogens is 288 g/mol. The minimum absolute atomic E-state index is 0.0209. The summed E-state index contributed by atoms with van der Waals surface area (Å²) < 4.78 is 0. The summed E-state index contributed by atoms with van der Waals surface area (Å²) in [6, 6.07) is 8.94. The smallest absolute Gasteiger partial charge is 0.227 e. The first-order valence-corrected chi connectivity index (χ1v) is 7.96. The van der Waals surface area contributed by atoms with Crippen LogP contribution < -0.4 is 10.2 Å². The van der Waals surface area contributed by atoms with E-state index in [-0.39, 0.29) is 35.3 Å². The van der Waals surface area contributed by atoms with Gasteiger partial charge in [-0.2, -0.15) is 0 Å². The summed E-state index contributed by atoms with van der Waals surface area (Å²) in [5.74, 6) is 0.135. The van der Waals surface area contributed by atoms with E-state index in [4.69, 9.17) is 0 Å². The van der Waals surface area contributed by atoms with Gasteiger partial charge in [0.2, 0.25) is 16.9 Å². The second-order valence-electron chi connectivity index (χ2n) is 5.26. The second-order valence-corrected chi connectivity index (χ2v) is 6.36. The van der Waals surface area contributed by atoms with E-state index in [1.54, 1.807) is 4.90 Å². The monoisotopic (exact) mass is 304 g/mol. The molecule has 1 N–H and O–H groups in total. The van der Waals surface area contributed by atoms with Crippen molar-refractivity contribution in [1.82, 2.24) is 5.32 Å². The maximum Gasteiger partial charge on any atom is 0.227 e. The standard InChI is InChI=1S/C15H16N2O3S/c18-13-8-10(9-17(13)11-4-2-1-3-5-11)14(19)16-12-6-7-21-15(12)20/h1-5,10,12H,6-9H2,(H,16,19)/t10-,12+/m1/s1. The first-order chi connectivity index (χ1) is 10.1. The van der Waals surface area contributed by atoms with Gasteiger partial charge in [0.25, 0.3) is 0 Å². The summed E-state index contributed by atoms with van der Waals surface area (Å²) in [5.41, 5.74) is 0.810. The Labute approximate surface area is 127 Å². The third-order valence-electron chi connectivity index (χ3n) is 3.82. The van der Waals surface area contributed by atoms with Crippen LogP contribution in [0.5, 0.6) is 0 Å². The number of nitrogens with one attached hydrogen (secondary N) is 1. The minimum atomic E-state index is -0.386.